The first-order valence-electron chi connectivity index (χ1n) is 6.09. The second-order valence-electron chi connectivity index (χ2n) is 4.30. The third-order valence-corrected chi connectivity index (χ3v) is 3.55. The normalized spacial score (nSPS) is 18.4. The van der Waals surface area contributed by atoms with Crippen LogP contribution in [0.15, 0.2) is 59.1 Å². The minimum Gasteiger partial charge on any atom is -0.497 e. The molecule has 0 bridgehead atoms. The highest BCUT2D eigenvalue weighted by Crippen LogP contribution is 2.21. The van der Waals surface area contributed by atoms with Crippen molar-refractivity contribution in [1.82, 2.24) is 0 Å². The highest BCUT2D eigenvalue weighted by Gasteiger charge is 2.06. The molecule has 1 aliphatic carbocycles. The van der Waals surface area contributed by atoms with Gasteiger partial charge in [0.05, 0.1) is 7.11 Å². The van der Waals surface area contributed by atoms with Gasteiger partial charge in [0.1, 0.15) is 5.75 Å². The maximum absolute atomic E-state index is 12.0. The van der Waals surface area contributed by atoms with Crippen molar-refractivity contribution in [3.8, 4) is 5.75 Å². The summed E-state index contributed by atoms with van der Waals surface area (Å²) in [6.07, 6.45) is 10.7. The van der Waals surface area contributed by atoms with E-state index in [1.165, 1.54) is 0 Å². The van der Waals surface area contributed by atoms with Crippen LogP contribution in [0.1, 0.15) is 16.8 Å². The van der Waals surface area contributed by atoms with Crippen LogP contribution in [-0.2, 0) is 0 Å². The van der Waals surface area contributed by atoms with Crippen molar-refractivity contribution in [3.05, 3.63) is 64.7 Å². The summed E-state index contributed by atoms with van der Waals surface area (Å²) in [5.41, 5.74) is 0.675. The summed E-state index contributed by atoms with van der Waals surface area (Å²) >= 11 is 3.42. The summed E-state index contributed by atoms with van der Waals surface area (Å²) in [6, 6.07) is 7.14. The largest absolute Gasteiger partial charge is 0.497 e. The van der Waals surface area contributed by atoms with Crippen LogP contribution in [0.5, 0.6) is 5.75 Å². The zero-order valence-corrected chi connectivity index (χ0v) is 12.3. The Morgan fingerprint density at radius 3 is 2.68 bits per heavy atom. The Balaban J connectivity index is 1.98. The van der Waals surface area contributed by atoms with Gasteiger partial charge in [0, 0.05) is 10.0 Å². The van der Waals surface area contributed by atoms with E-state index in [0.717, 1.165) is 16.7 Å². The molecule has 1 aromatic rings. The molecule has 0 amide bonds. The van der Waals surface area contributed by atoms with Crippen LogP contribution in [0.25, 0.3) is 0 Å². The third kappa shape index (κ3) is 3.93. The van der Waals surface area contributed by atoms with Crippen molar-refractivity contribution < 1.29 is 9.53 Å². The molecule has 0 saturated heterocycles. The SMILES string of the molecule is COc1ccc(C(=O)C=CC2C=CC(Br)=CC2)cc1. The number of allylic oxidation sites excluding steroid dienone is 6. The molecule has 2 nitrogen and oxygen atoms in total. The number of hydrogen-bond acceptors (Lipinski definition) is 2. The van der Waals surface area contributed by atoms with Gasteiger partial charge in [-0.15, -0.1) is 0 Å². The predicted octanol–water partition coefficient (Wildman–Crippen LogP) is 4.29. The molecule has 19 heavy (non-hydrogen) atoms. The molecule has 0 heterocycles. The summed E-state index contributed by atoms with van der Waals surface area (Å²) < 4.78 is 6.16. The van der Waals surface area contributed by atoms with Crippen molar-refractivity contribution in [3.63, 3.8) is 0 Å². The van der Waals surface area contributed by atoms with Gasteiger partial charge in [-0.2, -0.15) is 0 Å². The van der Waals surface area contributed by atoms with Crippen LogP contribution in [0.3, 0.4) is 0 Å². The summed E-state index contributed by atoms with van der Waals surface area (Å²) in [5, 5.41) is 0. The molecule has 2 rings (SSSR count). The summed E-state index contributed by atoms with van der Waals surface area (Å²) in [5.74, 6) is 1.07. The number of carbonyl (C=O) groups is 1. The average molecular weight is 319 g/mol. The topological polar surface area (TPSA) is 26.3 Å². The fourth-order valence-corrected chi connectivity index (χ4v) is 2.16. The van der Waals surface area contributed by atoms with E-state index in [2.05, 4.69) is 28.1 Å². The number of ether oxygens (including phenoxy) is 1. The Morgan fingerprint density at radius 1 is 1.37 bits per heavy atom. The maximum atomic E-state index is 12.0. The maximum Gasteiger partial charge on any atom is 0.185 e. The second kappa shape index (κ2) is 6.53. The lowest BCUT2D eigenvalue weighted by Crippen LogP contribution is -1.98. The van der Waals surface area contributed by atoms with Crippen LogP contribution in [0.4, 0.5) is 0 Å². The minimum atomic E-state index is 0.0182. The van der Waals surface area contributed by atoms with Gasteiger partial charge in [-0.3, -0.25) is 4.79 Å². The number of rotatable bonds is 4. The molecule has 1 aromatic carbocycles. The van der Waals surface area contributed by atoms with Gasteiger partial charge in [0.15, 0.2) is 5.78 Å². The van der Waals surface area contributed by atoms with Crippen molar-refractivity contribution in [1.29, 1.82) is 0 Å². The number of ketones is 1. The van der Waals surface area contributed by atoms with Crippen molar-refractivity contribution in [2.24, 2.45) is 5.92 Å². The Labute approximate surface area is 121 Å². The quantitative estimate of drug-likeness (QED) is 0.611. The summed E-state index contributed by atoms with van der Waals surface area (Å²) in [4.78, 5) is 12.0. The number of benzene rings is 1. The van der Waals surface area contributed by atoms with E-state index in [1.54, 1.807) is 37.5 Å². The lowest BCUT2D eigenvalue weighted by Gasteiger charge is -2.08. The Kier molecular flexibility index (Phi) is 4.74. The first-order chi connectivity index (χ1) is 9.19. The highest BCUT2D eigenvalue weighted by molar-refractivity contribution is 9.11. The van der Waals surface area contributed by atoms with E-state index in [0.29, 0.717) is 11.5 Å². The Morgan fingerprint density at radius 2 is 2.11 bits per heavy atom. The van der Waals surface area contributed by atoms with Gasteiger partial charge in [-0.05, 0) is 42.7 Å². The molecule has 0 spiro atoms. The highest BCUT2D eigenvalue weighted by atomic mass is 79.9. The second-order valence-corrected chi connectivity index (χ2v) is 5.22. The van der Waals surface area contributed by atoms with Gasteiger partial charge in [-0.1, -0.05) is 40.2 Å². The predicted molar refractivity (Wildman–Crippen MR) is 80.7 cm³/mol. The molecule has 0 saturated carbocycles. The molecule has 0 aromatic heterocycles. The van der Waals surface area contributed by atoms with Gasteiger partial charge < -0.3 is 4.74 Å². The molecular formula is C16H15BrO2. The molecule has 0 aliphatic heterocycles. The average Bonchev–Trinajstić information content (AvgIpc) is 2.46. The molecule has 3 heteroatoms. The standard InChI is InChI=1S/C16H15BrO2/c1-19-15-9-5-13(6-10-15)16(18)11-4-12-2-7-14(17)8-3-12/h2,4-12H,3H2,1H3. The number of hydrogen-bond donors (Lipinski definition) is 0. The van der Waals surface area contributed by atoms with Gasteiger partial charge in [0.2, 0.25) is 0 Å². The Hall–Kier alpha value is -1.61. The van der Waals surface area contributed by atoms with E-state index in [1.807, 2.05) is 12.2 Å². The third-order valence-electron chi connectivity index (χ3n) is 2.96. The van der Waals surface area contributed by atoms with E-state index in [-0.39, 0.29) is 5.78 Å². The van der Waals surface area contributed by atoms with Crippen LogP contribution in [-0.4, -0.2) is 12.9 Å². The number of halogens is 1. The molecule has 0 N–H and O–H groups in total. The lowest BCUT2D eigenvalue weighted by atomic mass is 9.99. The Bertz CT molecular complexity index is 538. The van der Waals surface area contributed by atoms with Crippen LogP contribution >= 0.6 is 15.9 Å². The van der Waals surface area contributed by atoms with Crippen molar-refractivity contribution >= 4 is 21.7 Å². The molecule has 98 valence electrons. The number of carbonyl (C=O) groups excluding carboxylic acids is 1. The zero-order valence-electron chi connectivity index (χ0n) is 10.7. The monoisotopic (exact) mass is 318 g/mol. The molecule has 1 unspecified atom stereocenters. The van der Waals surface area contributed by atoms with Gasteiger partial charge in [-0.25, -0.2) is 0 Å². The van der Waals surface area contributed by atoms with Gasteiger partial charge >= 0.3 is 0 Å². The van der Waals surface area contributed by atoms with Crippen LogP contribution in [0.2, 0.25) is 0 Å². The fourth-order valence-electron chi connectivity index (χ4n) is 1.82. The van der Waals surface area contributed by atoms with E-state index in [4.69, 9.17) is 4.74 Å². The van der Waals surface area contributed by atoms with Crippen molar-refractivity contribution in [2.45, 2.75) is 6.42 Å². The minimum absolute atomic E-state index is 0.0182. The van der Waals surface area contributed by atoms with Crippen LogP contribution < -0.4 is 4.74 Å². The summed E-state index contributed by atoms with van der Waals surface area (Å²) in [7, 11) is 1.61. The fraction of sp³-hybridized carbons (Fsp3) is 0.188. The molecular weight excluding hydrogens is 304 g/mol. The molecule has 0 radical (unpaired) electrons. The first kappa shape index (κ1) is 13.8. The summed E-state index contributed by atoms with van der Waals surface area (Å²) in [6.45, 7) is 0. The van der Waals surface area contributed by atoms with E-state index < -0.39 is 0 Å². The van der Waals surface area contributed by atoms with E-state index in [9.17, 15) is 4.79 Å². The van der Waals surface area contributed by atoms with Gasteiger partial charge in [0.25, 0.3) is 0 Å². The van der Waals surface area contributed by atoms with Crippen LogP contribution in [0, 0.1) is 5.92 Å². The smallest absolute Gasteiger partial charge is 0.185 e. The van der Waals surface area contributed by atoms with Crippen molar-refractivity contribution in [2.75, 3.05) is 7.11 Å². The molecule has 1 aliphatic rings. The zero-order chi connectivity index (χ0) is 13.7. The van der Waals surface area contributed by atoms with E-state index >= 15 is 0 Å². The first-order valence-corrected chi connectivity index (χ1v) is 6.89. The molecule has 1 atom stereocenters. The lowest BCUT2D eigenvalue weighted by molar-refractivity contribution is 0.104. The molecule has 0 fully saturated rings. The number of methoxy groups -OCH3 is 1.